The van der Waals surface area contributed by atoms with Gasteiger partial charge in [-0.2, -0.15) is 0 Å². The summed E-state index contributed by atoms with van der Waals surface area (Å²) in [4.78, 5) is 0. The summed E-state index contributed by atoms with van der Waals surface area (Å²) < 4.78 is 0. The Morgan fingerprint density at radius 1 is 1.00 bits per heavy atom. The molecule has 0 aliphatic heterocycles. The van der Waals surface area contributed by atoms with Crippen molar-refractivity contribution >= 4 is 0 Å². The molecule has 0 aromatic heterocycles. The van der Waals surface area contributed by atoms with Gasteiger partial charge in [0.05, 0.1) is 13.2 Å². The van der Waals surface area contributed by atoms with Crippen molar-refractivity contribution in [1.82, 2.24) is 0 Å². The quantitative estimate of drug-likeness (QED) is 0.299. The van der Waals surface area contributed by atoms with Crippen LogP contribution in [0.3, 0.4) is 0 Å². The van der Waals surface area contributed by atoms with E-state index in [0.29, 0.717) is 0 Å². The maximum Gasteiger partial charge on any atom is 1.00 e. The molecule has 7 heavy (non-hydrogen) atoms. The fourth-order valence-electron chi connectivity index (χ4n) is 0.149. The molecule has 3 heteroatoms. The maximum atomic E-state index is 8.00. The molecular weight excluding hydrogens is 119 g/mol. The Balaban J connectivity index is 0. The van der Waals surface area contributed by atoms with Crippen molar-refractivity contribution in [1.29, 1.82) is 0 Å². The van der Waals surface area contributed by atoms with Crippen molar-refractivity contribution < 1.29 is 61.6 Å². The van der Waals surface area contributed by atoms with Crippen molar-refractivity contribution in [3.8, 4) is 0 Å². The van der Waals surface area contributed by atoms with Crippen LogP contribution in [0.2, 0.25) is 0 Å². The normalized spacial score (nSPS) is 8.86. The summed E-state index contributed by atoms with van der Waals surface area (Å²) in [5, 5.41) is 16.0. The first-order chi connectivity index (χ1) is 2.91. The van der Waals surface area contributed by atoms with Crippen LogP contribution in [0.5, 0.6) is 0 Å². The minimum atomic E-state index is 0. The van der Waals surface area contributed by atoms with Gasteiger partial charge in [0, 0.05) is 0 Å². The average Bonchev–Trinajstić information content (AvgIpc) is 1.61. The van der Waals surface area contributed by atoms with E-state index in [1.54, 1.807) is 0 Å². The third-order valence-electron chi connectivity index (χ3n) is 0.377. The Kier molecular flexibility index (Phi) is 16.4. The van der Waals surface area contributed by atoms with Crippen molar-refractivity contribution in [2.45, 2.75) is 0 Å². The molecule has 0 fully saturated rings. The van der Waals surface area contributed by atoms with E-state index in [4.69, 9.17) is 10.2 Å². The summed E-state index contributed by atoms with van der Waals surface area (Å²) in [6.07, 6.45) is 2.97. The third kappa shape index (κ3) is 11.1. The molecule has 0 amide bonds. The number of hydrogen-bond donors (Lipinski definition) is 2. The second kappa shape index (κ2) is 10.3. The molecule has 0 heterocycles. The molecule has 0 aromatic rings. The molecule has 0 rings (SSSR count). The smallest absolute Gasteiger partial charge is 0.392 e. The fraction of sp³-hybridized carbons (Fsp3) is 0.500. The zero-order chi connectivity index (χ0) is 4.83. The topological polar surface area (TPSA) is 40.5 Å². The monoisotopic (exact) mass is 127 g/mol. The predicted molar refractivity (Wildman–Crippen MR) is 23.3 cm³/mol. The van der Waals surface area contributed by atoms with Crippen molar-refractivity contribution in [3.05, 3.63) is 12.2 Å². The minimum Gasteiger partial charge on any atom is -0.392 e. The van der Waals surface area contributed by atoms with E-state index in [-0.39, 0.29) is 64.6 Å². The van der Waals surface area contributed by atoms with Crippen LogP contribution in [0.1, 0.15) is 0 Å². The fourth-order valence-corrected chi connectivity index (χ4v) is 0.149. The van der Waals surface area contributed by atoms with Gasteiger partial charge in [0.25, 0.3) is 0 Å². The summed E-state index contributed by atoms with van der Waals surface area (Å²) in [5.41, 5.74) is 0. The summed E-state index contributed by atoms with van der Waals surface area (Å²) in [6.45, 7) is 0.0289. The molecule has 0 aliphatic carbocycles. The molecule has 0 unspecified atom stereocenters. The van der Waals surface area contributed by atoms with Gasteiger partial charge < -0.3 is 10.2 Å². The van der Waals surface area contributed by atoms with Crippen LogP contribution in [0.15, 0.2) is 12.2 Å². The van der Waals surface area contributed by atoms with Crippen LogP contribution in [0.4, 0.5) is 0 Å². The molecule has 0 aromatic carbocycles. The molecule has 0 saturated carbocycles. The summed E-state index contributed by atoms with van der Waals surface area (Å²) in [6, 6.07) is 0. The number of rotatable bonds is 2. The van der Waals surface area contributed by atoms with Crippen LogP contribution in [-0.2, 0) is 0 Å². The van der Waals surface area contributed by atoms with E-state index < -0.39 is 0 Å². The van der Waals surface area contributed by atoms with Gasteiger partial charge in [-0.05, 0) is 0 Å². The molecule has 2 nitrogen and oxygen atoms in total. The third-order valence-corrected chi connectivity index (χ3v) is 0.377. The second-order valence-electron chi connectivity index (χ2n) is 0.837. The predicted octanol–water partition coefficient (Wildman–Crippen LogP) is -3.47. The van der Waals surface area contributed by atoms with Crippen LogP contribution in [0.25, 0.3) is 0 Å². The van der Waals surface area contributed by atoms with Gasteiger partial charge >= 0.3 is 51.4 Å². The Hall–Kier alpha value is 1.30. The Morgan fingerprint density at radius 3 is 1.43 bits per heavy atom. The molecule has 0 aliphatic rings. The summed E-state index contributed by atoms with van der Waals surface area (Å²) in [7, 11) is 0. The largest absolute Gasteiger partial charge is 1.00 e. The molecule has 0 atom stereocenters. The molecule has 0 spiro atoms. The first kappa shape index (κ1) is 11.1. The number of aliphatic hydroxyl groups excluding tert-OH is 2. The zero-order valence-corrected chi connectivity index (χ0v) is 7.59. The van der Waals surface area contributed by atoms with E-state index in [2.05, 4.69) is 0 Å². The van der Waals surface area contributed by atoms with Gasteiger partial charge in [0.2, 0.25) is 0 Å². The molecule has 0 radical (unpaired) electrons. The van der Waals surface area contributed by atoms with Crippen LogP contribution in [0, 0.1) is 0 Å². The Morgan fingerprint density at radius 2 is 1.29 bits per heavy atom. The van der Waals surface area contributed by atoms with Gasteiger partial charge in [0.15, 0.2) is 0 Å². The number of aliphatic hydroxyl groups is 2. The van der Waals surface area contributed by atoms with E-state index in [0.717, 1.165) is 0 Å². The van der Waals surface area contributed by atoms with Crippen LogP contribution in [-0.4, -0.2) is 23.4 Å². The van der Waals surface area contributed by atoms with Crippen LogP contribution >= 0.6 is 0 Å². The van der Waals surface area contributed by atoms with Crippen molar-refractivity contribution in [2.75, 3.05) is 13.2 Å². The van der Waals surface area contributed by atoms with E-state index >= 15 is 0 Å². The molecule has 36 valence electrons. The van der Waals surface area contributed by atoms with Gasteiger partial charge in [-0.15, -0.1) is 0 Å². The molecular formula is C4H8KO2+. The Labute approximate surface area is 85.7 Å². The Bertz CT molecular complexity index is 39.0. The minimum absolute atomic E-state index is 0. The first-order valence-electron chi connectivity index (χ1n) is 1.78. The van der Waals surface area contributed by atoms with E-state index in [1.165, 1.54) is 12.2 Å². The summed E-state index contributed by atoms with van der Waals surface area (Å²) in [5.74, 6) is 0. The number of hydrogen-bond acceptors (Lipinski definition) is 2. The van der Waals surface area contributed by atoms with Crippen LogP contribution < -0.4 is 51.4 Å². The molecule has 2 N–H and O–H groups in total. The van der Waals surface area contributed by atoms with Gasteiger partial charge in [-0.1, -0.05) is 12.2 Å². The molecule has 0 saturated heterocycles. The maximum absolute atomic E-state index is 8.00. The van der Waals surface area contributed by atoms with Gasteiger partial charge in [0.1, 0.15) is 0 Å². The van der Waals surface area contributed by atoms with E-state index in [1.807, 2.05) is 0 Å². The first-order valence-corrected chi connectivity index (χ1v) is 1.78. The average molecular weight is 127 g/mol. The second-order valence-corrected chi connectivity index (χ2v) is 0.837. The molecule has 0 bridgehead atoms. The van der Waals surface area contributed by atoms with E-state index in [9.17, 15) is 0 Å². The standard InChI is InChI=1S/C4H8O2.K/c5-3-1-2-4-6;/h1-2,5-6H,3-4H2;/q;+1/b2-1+;. The van der Waals surface area contributed by atoms with Gasteiger partial charge in [-0.25, -0.2) is 0 Å². The zero-order valence-electron chi connectivity index (χ0n) is 4.46. The van der Waals surface area contributed by atoms with Gasteiger partial charge in [-0.3, -0.25) is 0 Å². The van der Waals surface area contributed by atoms with Crippen molar-refractivity contribution in [2.24, 2.45) is 0 Å². The SMILES string of the molecule is OC/C=C/CO.[K+]. The van der Waals surface area contributed by atoms with Crippen molar-refractivity contribution in [3.63, 3.8) is 0 Å². The summed E-state index contributed by atoms with van der Waals surface area (Å²) >= 11 is 0.